The first-order chi connectivity index (χ1) is 9.02. The highest BCUT2D eigenvalue weighted by molar-refractivity contribution is 9.10. The fourth-order valence-electron chi connectivity index (χ4n) is 2.06. The third kappa shape index (κ3) is 3.01. The van der Waals surface area contributed by atoms with E-state index in [4.69, 9.17) is 0 Å². The Morgan fingerprint density at radius 2 is 1.79 bits per heavy atom. The normalized spacial score (nSPS) is 12.5. The number of aryl methyl sites for hydroxylation is 1. The lowest BCUT2D eigenvalue weighted by atomic mass is 9.97. The Hall–Kier alpha value is -1.26. The van der Waals surface area contributed by atoms with Crippen molar-refractivity contribution in [2.24, 2.45) is 0 Å². The van der Waals surface area contributed by atoms with Crippen LogP contribution in [-0.4, -0.2) is 7.05 Å². The van der Waals surface area contributed by atoms with Crippen molar-refractivity contribution < 1.29 is 8.78 Å². The average Bonchev–Trinajstić information content (AvgIpc) is 2.37. The fraction of sp³-hybridized carbons (Fsp3) is 0.200. The minimum absolute atomic E-state index is 0.264. The van der Waals surface area contributed by atoms with Gasteiger partial charge in [0.2, 0.25) is 0 Å². The summed E-state index contributed by atoms with van der Waals surface area (Å²) >= 11 is 3.15. The number of nitrogens with one attached hydrogen (secondary N) is 1. The molecule has 0 saturated carbocycles. The molecular weight excluding hydrogens is 312 g/mol. The molecule has 1 N–H and O–H groups in total. The highest BCUT2D eigenvalue weighted by Crippen LogP contribution is 2.27. The van der Waals surface area contributed by atoms with E-state index in [-0.39, 0.29) is 17.7 Å². The summed E-state index contributed by atoms with van der Waals surface area (Å²) in [5, 5.41) is 3.06. The highest BCUT2D eigenvalue weighted by Gasteiger charge is 2.17. The van der Waals surface area contributed by atoms with E-state index < -0.39 is 0 Å². The van der Waals surface area contributed by atoms with Gasteiger partial charge in [-0.2, -0.15) is 0 Å². The SMILES string of the molecule is CNC(c1ccc(F)c(Br)c1)c1ccc(C)cc1F. The Bertz CT molecular complexity index is 599. The topological polar surface area (TPSA) is 12.0 Å². The van der Waals surface area contributed by atoms with E-state index in [1.807, 2.05) is 13.0 Å². The van der Waals surface area contributed by atoms with Crippen molar-refractivity contribution in [3.8, 4) is 0 Å². The smallest absolute Gasteiger partial charge is 0.137 e. The summed E-state index contributed by atoms with van der Waals surface area (Å²) < 4.78 is 27.7. The van der Waals surface area contributed by atoms with Crippen LogP contribution in [0.5, 0.6) is 0 Å². The van der Waals surface area contributed by atoms with Crippen LogP contribution in [0.2, 0.25) is 0 Å². The summed E-state index contributed by atoms with van der Waals surface area (Å²) in [4.78, 5) is 0. The molecule has 1 unspecified atom stereocenters. The molecule has 0 amide bonds. The lowest BCUT2D eigenvalue weighted by Gasteiger charge is -2.18. The molecule has 0 aromatic heterocycles. The minimum atomic E-state index is -0.331. The van der Waals surface area contributed by atoms with Crippen LogP contribution in [0.1, 0.15) is 22.7 Å². The molecular formula is C15H14BrF2N. The largest absolute Gasteiger partial charge is 0.309 e. The Labute approximate surface area is 119 Å². The van der Waals surface area contributed by atoms with Gasteiger partial charge in [-0.1, -0.05) is 18.2 Å². The second kappa shape index (κ2) is 5.80. The predicted molar refractivity (Wildman–Crippen MR) is 76.1 cm³/mol. The quantitative estimate of drug-likeness (QED) is 0.884. The van der Waals surface area contributed by atoms with Crippen LogP contribution in [0.3, 0.4) is 0 Å². The first-order valence-electron chi connectivity index (χ1n) is 5.91. The van der Waals surface area contributed by atoms with Crippen molar-refractivity contribution in [1.29, 1.82) is 0 Å². The molecule has 0 heterocycles. The second-order valence-electron chi connectivity index (χ2n) is 4.42. The van der Waals surface area contributed by atoms with E-state index in [9.17, 15) is 8.78 Å². The van der Waals surface area contributed by atoms with Gasteiger partial charge in [0.1, 0.15) is 11.6 Å². The van der Waals surface area contributed by atoms with Crippen molar-refractivity contribution in [2.45, 2.75) is 13.0 Å². The predicted octanol–water partition coefficient (Wildman–Crippen LogP) is 4.34. The van der Waals surface area contributed by atoms with Crippen LogP contribution in [0.4, 0.5) is 8.78 Å². The van der Waals surface area contributed by atoms with E-state index in [2.05, 4.69) is 21.2 Å². The van der Waals surface area contributed by atoms with Crippen LogP contribution in [0.25, 0.3) is 0 Å². The van der Waals surface area contributed by atoms with Crippen LogP contribution < -0.4 is 5.32 Å². The Balaban J connectivity index is 2.46. The Morgan fingerprint density at radius 1 is 1.05 bits per heavy atom. The molecule has 0 aliphatic carbocycles. The maximum atomic E-state index is 14.0. The molecule has 0 aliphatic rings. The molecule has 0 aliphatic heterocycles. The van der Waals surface area contributed by atoms with Crippen molar-refractivity contribution in [2.75, 3.05) is 7.05 Å². The highest BCUT2D eigenvalue weighted by atomic mass is 79.9. The van der Waals surface area contributed by atoms with Crippen molar-refractivity contribution in [3.63, 3.8) is 0 Å². The molecule has 1 nitrogen and oxygen atoms in total. The molecule has 0 radical (unpaired) electrons. The summed E-state index contributed by atoms with van der Waals surface area (Å²) in [6.45, 7) is 1.84. The molecule has 100 valence electrons. The molecule has 1 atom stereocenters. The molecule has 0 saturated heterocycles. The van der Waals surface area contributed by atoms with Gasteiger partial charge in [-0.25, -0.2) is 8.78 Å². The number of hydrogen-bond acceptors (Lipinski definition) is 1. The molecule has 0 bridgehead atoms. The zero-order valence-electron chi connectivity index (χ0n) is 10.7. The van der Waals surface area contributed by atoms with Gasteiger partial charge >= 0.3 is 0 Å². The van der Waals surface area contributed by atoms with Crippen molar-refractivity contribution in [3.05, 3.63) is 69.2 Å². The summed E-state index contributed by atoms with van der Waals surface area (Å²) in [5.41, 5.74) is 2.22. The van der Waals surface area contributed by atoms with Crippen molar-refractivity contribution >= 4 is 15.9 Å². The summed E-state index contributed by atoms with van der Waals surface area (Å²) in [6.07, 6.45) is 0. The van der Waals surface area contributed by atoms with E-state index >= 15 is 0 Å². The van der Waals surface area contributed by atoms with Crippen molar-refractivity contribution in [1.82, 2.24) is 5.32 Å². The molecule has 19 heavy (non-hydrogen) atoms. The first kappa shape index (κ1) is 14.2. The van der Waals surface area contributed by atoms with Gasteiger partial charge in [0, 0.05) is 5.56 Å². The van der Waals surface area contributed by atoms with E-state index in [0.29, 0.717) is 10.0 Å². The fourth-order valence-corrected chi connectivity index (χ4v) is 2.46. The van der Waals surface area contributed by atoms with Crippen LogP contribution >= 0.6 is 15.9 Å². The number of benzene rings is 2. The molecule has 2 aromatic rings. The maximum absolute atomic E-state index is 14.0. The van der Waals surface area contributed by atoms with Gasteiger partial charge in [0.05, 0.1) is 10.5 Å². The lowest BCUT2D eigenvalue weighted by Crippen LogP contribution is -2.19. The third-order valence-electron chi connectivity index (χ3n) is 3.03. The van der Waals surface area contributed by atoms with Gasteiger partial charge in [0.15, 0.2) is 0 Å². The monoisotopic (exact) mass is 325 g/mol. The minimum Gasteiger partial charge on any atom is -0.309 e. The number of hydrogen-bond donors (Lipinski definition) is 1. The van der Waals surface area contributed by atoms with Gasteiger partial charge < -0.3 is 5.32 Å². The number of rotatable bonds is 3. The Morgan fingerprint density at radius 3 is 2.37 bits per heavy atom. The van der Waals surface area contributed by atoms with Crippen LogP contribution in [-0.2, 0) is 0 Å². The molecule has 2 rings (SSSR count). The standard InChI is InChI=1S/C15H14BrF2N/c1-9-3-5-11(14(18)7-9)15(19-2)10-4-6-13(17)12(16)8-10/h3-8,15,19H,1-2H3. The summed E-state index contributed by atoms with van der Waals surface area (Å²) in [5.74, 6) is -0.595. The average molecular weight is 326 g/mol. The van der Waals surface area contributed by atoms with Gasteiger partial charge in [0.25, 0.3) is 0 Å². The van der Waals surface area contributed by atoms with Gasteiger partial charge in [-0.05, 0) is 59.2 Å². The zero-order valence-corrected chi connectivity index (χ0v) is 12.3. The van der Waals surface area contributed by atoms with Gasteiger partial charge in [-0.15, -0.1) is 0 Å². The second-order valence-corrected chi connectivity index (χ2v) is 5.27. The zero-order chi connectivity index (χ0) is 14.0. The summed E-state index contributed by atoms with van der Waals surface area (Å²) in [6, 6.07) is 9.49. The van der Waals surface area contributed by atoms with Crippen LogP contribution in [0.15, 0.2) is 40.9 Å². The first-order valence-corrected chi connectivity index (χ1v) is 6.70. The van der Waals surface area contributed by atoms with Gasteiger partial charge in [-0.3, -0.25) is 0 Å². The lowest BCUT2D eigenvalue weighted by molar-refractivity contribution is 0.573. The van der Waals surface area contributed by atoms with E-state index in [1.54, 1.807) is 25.2 Å². The molecule has 0 spiro atoms. The Kier molecular flexibility index (Phi) is 4.32. The molecule has 2 aromatic carbocycles. The van der Waals surface area contributed by atoms with E-state index in [1.165, 1.54) is 12.1 Å². The number of halogens is 3. The molecule has 0 fully saturated rings. The molecule has 4 heteroatoms. The van der Waals surface area contributed by atoms with E-state index in [0.717, 1.165) is 11.1 Å². The third-order valence-corrected chi connectivity index (χ3v) is 3.64. The summed E-state index contributed by atoms with van der Waals surface area (Å²) in [7, 11) is 1.75. The van der Waals surface area contributed by atoms with Crippen LogP contribution in [0, 0.1) is 18.6 Å². The maximum Gasteiger partial charge on any atom is 0.137 e.